The fourth-order valence-corrected chi connectivity index (χ4v) is 1.53. The van der Waals surface area contributed by atoms with Gasteiger partial charge in [-0.2, -0.15) is 4.98 Å². The zero-order valence-corrected chi connectivity index (χ0v) is 10.0. The number of H-pyrrole nitrogens is 1. The largest absolute Gasteiger partial charge is 0.366 e. The summed E-state index contributed by atoms with van der Waals surface area (Å²) in [4.78, 5) is 16.8. The molecule has 100 valence electrons. The highest BCUT2D eigenvalue weighted by molar-refractivity contribution is 5.90. The fourth-order valence-electron chi connectivity index (χ4n) is 1.53. The van der Waals surface area contributed by atoms with Crippen molar-refractivity contribution >= 4 is 11.9 Å². The van der Waals surface area contributed by atoms with E-state index in [-0.39, 0.29) is 23.9 Å². The van der Waals surface area contributed by atoms with Crippen LogP contribution in [0.2, 0.25) is 0 Å². The van der Waals surface area contributed by atoms with Crippen LogP contribution in [0.3, 0.4) is 0 Å². The lowest BCUT2D eigenvalue weighted by Crippen LogP contribution is -2.27. The summed E-state index contributed by atoms with van der Waals surface area (Å²) in [6.07, 6.45) is 0. The number of aromatic amines is 1. The van der Waals surface area contributed by atoms with Gasteiger partial charge in [-0.15, -0.1) is 5.10 Å². The summed E-state index contributed by atoms with van der Waals surface area (Å²) in [7, 11) is 1.46. The van der Waals surface area contributed by atoms with E-state index in [1.54, 1.807) is 0 Å². The van der Waals surface area contributed by atoms with Crippen molar-refractivity contribution in [2.45, 2.75) is 6.54 Å². The molecule has 0 aliphatic rings. The number of benzene rings is 1. The van der Waals surface area contributed by atoms with Gasteiger partial charge in [-0.25, -0.2) is 8.78 Å². The molecule has 1 amide bonds. The smallest absolute Gasteiger partial charge is 0.291 e. The van der Waals surface area contributed by atoms with Gasteiger partial charge in [0, 0.05) is 25.2 Å². The lowest BCUT2D eigenvalue weighted by Gasteiger charge is -2.15. The summed E-state index contributed by atoms with van der Waals surface area (Å²) in [5, 5.41) is 5.89. The SMILES string of the molecule is CN(Cc1ccc(F)cc1F)C(=O)c1nc(N)n[nH]1. The van der Waals surface area contributed by atoms with Crippen molar-refractivity contribution in [3.63, 3.8) is 0 Å². The van der Waals surface area contributed by atoms with Gasteiger partial charge in [-0.3, -0.25) is 9.89 Å². The van der Waals surface area contributed by atoms with Crippen LogP contribution < -0.4 is 5.73 Å². The summed E-state index contributed by atoms with van der Waals surface area (Å²) in [6, 6.07) is 3.17. The monoisotopic (exact) mass is 267 g/mol. The van der Waals surface area contributed by atoms with E-state index in [0.717, 1.165) is 12.1 Å². The molecule has 2 aromatic rings. The van der Waals surface area contributed by atoms with Crippen molar-refractivity contribution in [3.8, 4) is 0 Å². The number of rotatable bonds is 3. The van der Waals surface area contributed by atoms with Gasteiger partial charge in [-0.05, 0) is 6.07 Å². The van der Waals surface area contributed by atoms with E-state index in [1.165, 1.54) is 18.0 Å². The molecule has 8 heteroatoms. The molecular weight excluding hydrogens is 256 g/mol. The minimum absolute atomic E-state index is 0.0223. The summed E-state index contributed by atoms with van der Waals surface area (Å²) < 4.78 is 26.2. The van der Waals surface area contributed by atoms with Gasteiger partial charge in [0.05, 0.1) is 0 Å². The van der Waals surface area contributed by atoms with Gasteiger partial charge >= 0.3 is 0 Å². The molecule has 19 heavy (non-hydrogen) atoms. The van der Waals surface area contributed by atoms with Gasteiger partial charge in [-0.1, -0.05) is 6.07 Å². The number of amides is 1. The third-order valence-corrected chi connectivity index (χ3v) is 2.47. The summed E-state index contributed by atoms with van der Waals surface area (Å²) in [6.45, 7) is -0.0223. The molecule has 0 bridgehead atoms. The van der Waals surface area contributed by atoms with Crippen LogP contribution in [-0.2, 0) is 6.54 Å². The molecule has 0 fully saturated rings. The minimum Gasteiger partial charge on any atom is -0.366 e. The second-order valence-electron chi connectivity index (χ2n) is 3.94. The number of carbonyl (C=O) groups excluding carboxylic acids is 1. The number of nitrogen functional groups attached to an aromatic ring is 1. The number of carbonyl (C=O) groups is 1. The number of hydrogen-bond acceptors (Lipinski definition) is 4. The van der Waals surface area contributed by atoms with E-state index in [4.69, 9.17) is 5.73 Å². The molecule has 0 spiro atoms. The average molecular weight is 267 g/mol. The number of hydrogen-bond donors (Lipinski definition) is 2. The number of nitrogens with zero attached hydrogens (tertiary/aromatic N) is 3. The van der Waals surface area contributed by atoms with Crippen LogP contribution >= 0.6 is 0 Å². The van der Waals surface area contributed by atoms with Gasteiger partial charge in [0.25, 0.3) is 5.91 Å². The van der Waals surface area contributed by atoms with Crippen molar-refractivity contribution in [2.24, 2.45) is 0 Å². The lowest BCUT2D eigenvalue weighted by molar-refractivity contribution is 0.0772. The minimum atomic E-state index is -0.711. The van der Waals surface area contributed by atoms with Gasteiger partial charge in [0.1, 0.15) is 11.6 Å². The molecule has 0 aliphatic heterocycles. The quantitative estimate of drug-likeness (QED) is 0.866. The molecule has 1 aromatic heterocycles. The van der Waals surface area contributed by atoms with Crippen molar-refractivity contribution in [2.75, 3.05) is 12.8 Å². The summed E-state index contributed by atoms with van der Waals surface area (Å²) in [5.41, 5.74) is 5.48. The normalized spacial score (nSPS) is 10.5. The van der Waals surface area contributed by atoms with Crippen molar-refractivity contribution in [3.05, 3.63) is 41.2 Å². The Labute approximate surface area is 107 Å². The number of anilines is 1. The van der Waals surface area contributed by atoms with E-state index >= 15 is 0 Å². The highest BCUT2D eigenvalue weighted by atomic mass is 19.1. The predicted molar refractivity (Wildman–Crippen MR) is 63.0 cm³/mol. The third kappa shape index (κ3) is 2.84. The van der Waals surface area contributed by atoms with Crippen LogP contribution in [0, 0.1) is 11.6 Å². The Bertz CT molecular complexity index is 613. The molecule has 0 atom stereocenters. The molecular formula is C11H11F2N5O. The maximum Gasteiger partial charge on any atom is 0.291 e. The first-order chi connectivity index (χ1) is 8.97. The standard InChI is InChI=1S/C11H11F2N5O/c1-18(10(19)9-15-11(14)17-16-9)5-6-2-3-7(12)4-8(6)13/h2-4H,5H2,1H3,(H3,14,15,16,17). The van der Waals surface area contributed by atoms with Crippen LogP contribution in [0.15, 0.2) is 18.2 Å². The third-order valence-electron chi connectivity index (χ3n) is 2.47. The molecule has 0 radical (unpaired) electrons. The summed E-state index contributed by atoms with van der Waals surface area (Å²) >= 11 is 0. The van der Waals surface area contributed by atoms with E-state index < -0.39 is 17.5 Å². The molecule has 2 rings (SSSR count). The Balaban J connectivity index is 2.12. The number of aromatic nitrogens is 3. The first-order valence-corrected chi connectivity index (χ1v) is 5.34. The van der Waals surface area contributed by atoms with Crippen molar-refractivity contribution in [1.29, 1.82) is 0 Å². The molecule has 0 saturated heterocycles. The highest BCUT2D eigenvalue weighted by Crippen LogP contribution is 2.12. The first kappa shape index (κ1) is 12.9. The Morgan fingerprint density at radius 3 is 2.79 bits per heavy atom. The molecule has 1 heterocycles. The van der Waals surface area contributed by atoms with E-state index in [2.05, 4.69) is 15.2 Å². The maximum absolute atomic E-state index is 13.4. The van der Waals surface area contributed by atoms with Crippen LogP contribution in [0.1, 0.15) is 16.2 Å². The van der Waals surface area contributed by atoms with Crippen LogP contribution in [0.4, 0.5) is 14.7 Å². The fraction of sp³-hybridized carbons (Fsp3) is 0.182. The van der Waals surface area contributed by atoms with Gasteiger partial charge in [0.15, 0.2) is 0 Å². The number of nitrogens with one attached hydrogen (secondary N) is 1. The molecule has 3 N–H and O–H groups in total. The zero-order valence-electron chi connectivity index (χ0n) is 10.0. The molecule has 6 nitrogen and oxygen atoms in total. The Morgan fingerprint density at radius 2 is 2.21 bits per heavy atom. The van der Waals surface area contributed by atoms with Crippen LogP contribution in [0.5, 0.6) is 0 Å². The lowest BCUT2D eigenvalue weighted by atomic mass is 10.2. The highest BCUT2D eigenvalue weighted by Gasteiger charge is 2.17. The molecule has 0 aliphatic carbocycles. The Morgan fingerprint density at radius 1 is 1.47 bits per heavy atom. The summed E-state index contributed by atoms with van der Waals surface area (Å²) in [5.74, 6) is -1.96. The predicted octanol–water partition coefficient (Wildman–Crippen LogP) is 0.937. The molecule has 0 unspecified atom stereocenters. The maximum atomic E-state index is 13.4. The van der Waals surface area contributed by atoms with E-state index in [1.807, 2.05) is 0 Å². The van der Waals surface area contributed by atoms with E-state index in [9.17, 15) is 13.6 Å². The topological polar surface area (TPSA) is 87.9 Å². The molecule has 1 aromatic carbocycles. The average Bonchev–Trinajstić information content (AvgIpc) is 2.78. The Hall–Kier alpha value is -2.51. The van der Waals surface area contributed by atoms with Crippen molar-refractivity contribution in [1.82, 2.24) is 20.1 Å². The number of halogens is 2. The second-order valence-corrected chi connectivity index (χ2v) is 3.94. The van der Waals surface area contributed by atoms with Crippen LogP contribution in [0.25, 0.3) is 0 Å². The zero-order chi connectivity index (χ0) is 14.0. The number of nitrogens with two attached hydrogens (primary N) is 1. The van der Waals surface area contributed by atoms with Crippen molar-refractivity contribution < 1.29 is 13.6 Å². The Kier molecular flexibility index (Phi) is 3.41. The van der Waals surface area contributed by atoms with Gasteiger partial charge < -0.3 is 10.6 Å². The second kappa shape index (κ2) is 5.01. The molecule has 0 saturated carbocycles. The first-order valence-electron chi connectivity index (χ1n) is 5.34. The van der Waals surface area contributed by atoms with Crippen LogP contribution in [-0.4, -0.2) is 33.0 Å². The van der Waals surface area contributed by atoms with Gasteiger partial charge in [0.2, 0.25) is 11.8 Å². The van der Waals surface area contributed by atoms with E-state index in [0.29, 0.717) is 0 Å².